The van der Waals surface area contributed by atoms with Crippen LogP contribution in [-0.4, -0.2) is 41.2 Å². The fourth-order valence-corrected chi connectivity index (χ4v) is 2.47. The van der Waals surface area contributed by atoms with E-state index in [0.717, 1.165) is 12.8 Å². The quantitative estimate of drug-likeness (QED) is 0.902. The third-order valence-electron chi connectivity index (χ3n) is 4.02. The smallest absolute Gasteiger partial charge is 0.225 e. The lowest BCUT2D eigenvalue weighted by molar-refractivity contribution is -0.123. The van der Waals surface area contributed by atoms with Gasteiger partial charge < -0.3 is 10.2 Å². The summed E-state index contributed by atoms with van der Waals surface area (Å²) >= 11 is 0. The van der Waals surface area contributed by atoms with Gasteiger partial charge in [-0.1, -0.05) is 0 Å². The monoisotopic (exact) mass is 278 g/mol. The standard InChI is InChI=1S/C14H19FN4O/c15-14(10-18-12(20)11-2-3-11)4-8-19(9-5-14)13-16-6-1-7-17-13/h1,6-7,11H,2-5,8-10H2,(H,18,20). The van der Waals surface area contributed by atoms with Gasteiger partial charge in [0.15, 0.2) is 0 Å². The number of aromatic nitrogens is 2. The molecule has 1 saturated carbocycles. The van der Waals surface area contributed by atoms with E-state index in [1.807, 2.05) is 4.90 Å². The molecule has 0 radical (unpaired) electrons. The van der Waals surface area contributed by atoms with Gasteiger partial charge in [0.25, 0.3) is 0 Å². The molecule has 2 heterocycles. The first kappa shape index (κ1) is 13.3. The largest absolute Gasteiger partial charge is 0.353 e. The number of carbonyl (C=O) groups excluding carboxylic acids is 1. The molecule has 0 unspecified atom stereocenters. The lowest BCUT2D eigenvalue weighted by atomic mass is 9.93. The van der Waals surface area contributed by atoms with E-state index in [4.69, 9.17) is 0 Å². The topological polar surface area (TPSA) is 58.1 Å². The fourth-order valence-electron chi connectivity index (χ4n) is 2.47. The van der Waals surface area contributed by atoms with E-state index in [-0.39, 0.29) is 18.4 Å². The van der Waals surface area contributed by atoms with Crippen LogP contribution in [0.5, 0.6) is 0 Å². The van der Waals surface area contributed by atoms with Crippen LogP contribution in [0.25, 0.3) is 0 Å². The molecule has 0 atom stereocenters. The molecule has 1 N–H and O–H groups in total. The number of alkyl halides is 1. The molecule has 2 aliphatic rings. The highest BCUT2D eigenvalue weighted by molar-refractivity contribution is 5.80. The summed E-state index contributed by atoms with van der Waals surface area (Å²) < 4.78 is 14.6. The molecule has 3 rings (SSSR count). The van der Waals surface area contributed by atoms with Gasteiger partial charge in [0, 0.05) is 44.2 Å². The van der Waals surface area contributed by atoms with Gasteiger partial charge in [-0.2, -0.15) is 0 Å². The van der Waals surface area contributed by atoms with Crippen molar-refractivity contribution in [3.05, 3.63) is 18.5 Å². The van der Waals surface area contributed by atoms with E-state index in [0.29, 0.717) is 31.9 Å². The molecule has 5 nitrogen and oxygen atoms in total. The maximum atomic E-state index is 14.6. The number of nitrogens with one attached hydrogen (secondary N) is 1. The minimum Gasteiger partial charge on any atom is -0.353 e. The van der Waals surface area contributed by atoms with Crippen molar-refractivity contribution in [3.63, 3.8) is 0 Å². The number of hydrogen-bond acceptors (Lipinski definition) is 4. The van der Waals surface area contributed by atoms with Gasteiger partial charge in [-0.05, 0) is 18.9 Å². The van der Waals surface area contributed by atoms with Gasteiger partial charge in [-0.15, -0.1) is 0 Å². The molecular formula is C14H19FN4O. The zero-order chi connectivity index (χ0) is 14.0. The lowest BCUT2D eigenvalue weighted by Crippen LogP contribution is -2.48. The Kier molecular flexibility index (Phi) is 3.54. The molecule has 1 aliphatic heterocycles. The molecule has 0 spiro atoms. The van der Waals surface area contributed by atoms with E-state index in [2.05, 4.69) is 15.3 Å². The SMILES string of the molecule is O=C(NCC1(F)CCN(c2ncccn2)CC1)C1CC1. The number of nitrogens with zero attached hydrogens (tertiary/aromatic N) is 3. The molecule has 0 aromatic carbocycles. The molecule has 1 amide bonds. The van der Waals surface area contributed by atoms with Crippen molar-refractivity contribution >= 4 is 11.9 Å². The van der Waals surface area contributed by atoms with Gasteiger partial charge in [0.1, 0.15) is 5.67 Å². The summed E-state index contributed by atoms with van der Waals surface area (Å²) in [5, 5.41) is 2.75. The van der Waals surface area contributed by atoms with E-state index in [9.17, 15) is 9.18 Å². The van der Waals surface area contributed by atoms with Crippen molar-refractivity contribution < 1.29 is 9.18 Å². The summed E-state index contributed by atoms with van der Waals surface area (Å²) in [5.74, 6) is 0.795. The van der Waals surface area contributed by atoms with Gasteiger partial charge in [0.05, 0.1) is 6.54 Å². The number of piperidine rings is 1. The fraction of sp³-hybridized carbons (Fsp3) is 0.643. The Labute approximate surface area is 117 Å². The molecule has 108 valence electrons. The molecule has 1 aliphatic carbocycles. The molecular weight excluding hydrogens is 259 g/mol. The Bertz CT molecular complexity index is 469. The number of anilines is 1. The summed E-state index contributed by atoms with van der Waals surface area (Å²) in [4.78, 5) is 21.9. The van der Waals surface area contributed by atoms with Gasteiger partial charge in [-0.25, -0.2) is 14.4 Å². The third kappa shape index (κ3) is 3.05. The first-order valence-corrected chi connectivity index (χ1v) is 7.15. The minimum atomic E-state index is -1.30. The van der Waals surface area contributed by atoms with E-state index in [1.165, 1.54) is 0 Å². The second kappa shape index (κ2) is 5.34. The Morgan fingerprint density at radius 3 is 2.60 bits per heavy atom. The molecule has 20 heavy (non-hydrogen) atoms. The average molecular weight is 278 g/mol. The van der Waals surface area contributed by atoms with Crippen LogP contribution in [0, 0.1) is 5.92 Å². The second-order valence-corrected chi connectivity index (χ2v) is 5.68. The summed E-state index contributed by atoms with van der Waals surface area (Å²) in [5.41, 5.74) is -1.30. The number of carbonyl (C=O) groups is 1. The zero-order valence-corrected chi connectivity index (χ0v) is 11.4. The summed E-state index contributed by atoms with van der Waals surface area (Å²) in [6, 6.07) is 1.76. The van der Waals surface area contributed by atoms with E-state index < -0.39 is 5.67 Å². The Balaban J connectivity index is 1.50. The van der Waals surface area contributed by atoms with Gasteiger partial charge in [0.2, 0.25) is 11.9 Å². The zero-order valence-electron chi connectivity index (χ0n) is 11.4. The maximum absolute atomic E-state index is 14.6. The highest BCUT2D eigenvalue weighted by Gasteiger charge is 2.37. The highest BCUT2D eigenvalue weighted by Crippen LogP contribution is 2.30. The predicted molar refractivity (Wildman–Crippen MR) is 73.1 cm³/mol. The normalized spacial score (nSPS) is 21.6. The van der Waals surface area contributed by atoms with Gasteiger partial charge in [-0.3, -0.25) is 4.79 Å². The highest BCUT2D eigenvalue weighted by atomic mass is 19.1. The second-order valence-electron chi connectivity index (χ2n) is 5.68. The number of hydrogen-bond donors (Lipinski definition) is 1. The Morgan fingerprint density at radius 2 is 2.00 bits per heavy atom. The predicted octanol–water partition coefficient (Wildman–Crippen LogP) is 1.31. The number of rotatable bonds is 4. The van der Waals surface area contributed by atoms with E-state index >= 15 is 0 Å². The average Bonchev–Trinajstić information content (AvgIpc) is 3.31. The van der Waals surface area contributed by atoms with Crippen molar-refractivity contribution in [1.29, 1.82) is 0 Å². The maximum Gasteiger partial charge on any atom is 0.225 e. The number of halogens is 1. The first-order valence-electron chi connectivity index (χ1n) is 7.15. The summed E-state index contributed by atoms with van der Waals surface area (Å²) in [7, 11) is 0. The third-order valence-corrected chi connectivity index (χ3v) is 4.02. The molecule has 0 bridgehead atoms. The minimum absolute atomic E-state index is 0.0100. The molecule has 6 heteroatoms. The van der Waals surface area contributed by atoms with Crippen LogP contribution in [0.1, 0.15) is 25.7 Å². The van der Waals surface area contributed by atoms with Crippen LogP contribution in [0.4, 0.5) is 10.3 Å². The lowest BCUT2D eigenvalue weighted by Gasteiger charge is -2.36. The van der Waals surface area contributed by atoms with Crippen molar-refractivity contribution in [1.82, 2.24) is 15.3 Å². The molecule has 1 aromatic rings. The van der Waals surface area contributed by atoms with Crippen molar-refractivity contribution in [2.45, 2.75) is 31.4 Å². The van der Waals surface area contributed by atoms with Crippen molar-refractivity contribution in [2.75, 3.05) is 24.5 Å². The van der Waals surface area contributed by atoms with Crippen LogP contribution in [0.2, 0.25) is 0 Å². The Hall–Kier alpha value is -1.72. The van der Waals surface area contributed by atoms with Crippen molar-refractivity contribution in [2.24, 2.45) is 5.92 Å². The van der Waals surface area contributed by atoms with Crippen LogP contribution >= 0.6 is 0 Å². The van der Waals surface area contributed by atoms with Crippen LogP contribution in [0.15, 0.2) is 18.5 Å². The van der Waals surface area contributed by atoms with Crippen LogP contribution < -0.4 is 10.2 Å². The molecule has 2 fully saturated rings. The molecule has 1 aromatic heterocycles. The first-order chi connectivity index (χ1) is 9.66. The van der Waals surface area contributed by atoms with Crippen LogP contribution in [-0.2, 0) is 4.79 Å². The van der Waals surface area contributed by atoms with Gasteiger partial charge >= 0.3 is 0 Å². The van der Waals surface area contributed by atoms with Crippen molar-refractivity contribution in [3.8, 4) is 0 Å². The van der Waals surface area contributed by atoms with Crippen LogP contribution in [0.3, 0.4) is 0 Å². The summed E-state index contributed by atoms with van der Waals surface area (Å²) in [6.07, 6.45) is 6.08. The van der Waals surface area contributed by atoms with E-state index in [1.54, 1.807) is 18.5 Å². The Morgan fingerprint density at radius 1 is 1.35 bits per heavy atom. The molecule has 1 saturated heterocycles. The summed E-state index contributed by atoms with van der Waals surface area (Å²) in [6.45, 7) is 1.30. The number of amides is 1.